The fraction of sp³-hybridized carbons (Fsp3) is 0.500. The SMILES string of the molecule is CCNC(CC(F)(F)F)c1ccc(C(F)(F)F)cc1. The smallest absolute Gasteiger partial charge is 0.310 e. The molecule has 0 bridgehead atoms. The van der Waals surface area contributed by atoms with Gasteiger partial charge in [0.1, 0.15) is 0 Å². The van der Waals surface area contributed by atoms with E-state index in [-0.39, 0.29) is 5.56 Å². The van der Waals surface area contributed by atoms with E-state index in [9.17, 15) is 26.3 Å². The van der Waals surface area contributed by atoms with Crippen molar-refractivity contribution in [2.75, 3.05) is 6.54 Å². The Morgan fingerprint density at radius 2 is 1.53 bits per heavy atom. The Morgan fingerprint density at radius 3 is 1.89 bits per heavy atom. The van der Waals surface area contributed by atoms with Gasteiger partial charge in [-0.2, -0.15) is 26.3 Å². The van der Waals surface area contributed by atoms with E-state index in [1.54, 1.807) is 6.92 Å². The molecule has 0 amide bonds. The molecule has 0 aliphatic rings. The quantitative estimate of drug-likeness (QED) is 0.813. The second-order valence-electron chi connectivity index (χ2n) is 4.05. The molecule has 1 N–H and O–H groups in total. The highest BCUT2D eigenvalue weighted by Crippen LogP contribution is 2.32. The van der Waals surface area contributed by atoms with Gasteiger partial charge in [-0.1, -0.05) is 19.1 Å². The monoisotopic (exact) mass is 285 g/mol. The Bertz CT molecular complexity index is 392. The number of benzene rings is 1. The minimum Gasteiger partial charge on any atom is -0.310 e. The molecule has 1 unspecified atom stereocenters. The molecule has 1 rings (SSSR count). The van der Waals surface area contributed by atoms with Crippen LogP contribution in [0.5, 0.6) is 0 Å². The summed E-state index contributed by atoms with van der Waals surface area (Å²) in [5.41, 5.74) is -0.689. The molecule has 0 aromatic heterocycles. The van der Waals surface area contributed by atoms with Crippen molar-refractivity contribution in [3.8, 4) is 0 Å². The average molecular weight is 285 g/mol. The van der Waals surface area contributed by atoms with Crippen molar-refractivity contribution >= 4 is 0 Å². The third kappa shape index (κ3) is 5.10. The molecule has 1 aromatic rings. The molecule has 0 saturated heterocycles. The van der Waals surface area contributed by atoms with Crippen LogP contribution in [0.4, 0.5) is 26.3 Å². The van der Waals surface area contributed by atoms with Crippen molar-refractivity contribution in [1.29, 1.82) is 0 Å². The summed E-state index contributed by atoms with van der Waals surface area (Å²) < 4.78 is 74.1. The van der Waals surface area contributed by atoms with Crippen LogP contribution in [0.15, 0.2) is 24.3 Å². The number of rotatable bonds is 4. The molecule has 19 heavy (non-hydrogen) atoms. The van der Waals surface area contributed by atoms with E-state index in [0.717, 1.165) is 24.3 Å². The number of nitrogens with one attached hydrogen (secondary N) is 1. The summed E-state index contributed by atoms with van der Waals surface area (Å²) in [7, 11) is 0. The predicted molar refractivity (Wildman–Crippen MR) is 58.5 cm³/mol. The second-order valence-corrected chi connectivity index (χ2v) is 4.05. The molecule has 1 nitrogen and oxygen atoms in total. The maximum atomic E-state index is 12.4. The lowest BCUT2D eigenvalue weighted by atomic mass is 10.0. The van der Waals surface area contributed by atoms with Gasteiger partial charge in [0.15, 0.2) is 0 Å². The van der Waals surface area contributed by atoms with Gasteiger partial charge in [0, 0.05) is 6.04 Å². The largest absolute Gasteiger partial charge is 0.416 e. The lowest BCUT2D eigenvalue weighted by Gasteiger charge is -2.20. The van der Waals surface area contributed by atoms with Crippen LogP contribution in [0.3, 0.4) is 0 Å². The zero-order valence-electron chi connectivity index (χ0n) is 10.1. The molecule has 1 atom stereocenters. The Hall–Kier alpha value is -1.24. The minimum absolute atomic E-state index is 0.187. The lowest BCUT2D eigenvalue weighted by molar-refractivity contribution is -0.141. The molecular weight excluding hydrogens is 272 g/mol. The van der Waals surface area contributed by atoms with E-state index in [0.29, 0.717) is 6.54 Å². The number of alkyl halides is 6. The zero-order chi connectivity index (χ0) is 14.7. The van der Waals surface area contributed by atoms with Crippen molar-refractivity contribution < 1.29 is 26.3 Å². The fourth-order valence-electron chi connectivity index (χ4n) is 1.69. The average Bonchev–Trinajstić information content (AvgIpc) is 2.26. The van der Waals surface area contributed by atoms with Crippen LogP contribution in [-0.2, 0) is 6.18 Å². The third-order valence-corrected chi connectivity index (χ3v) is 2.53. The van der Waals surface area contributed by atoms with Crippen LogP contribution >= 0.6 is 0 Å². The van der Waals surface area contributed by atoms with Crippen molar-refractivity contribution in [3.05, 3.63) is 35.4 Å². The molecule has 0 aliphatic heterocycles. The van der Waals surface area contributed by atoms with Crippen LogP contribution < -0.4 is 5.32 Å². The highest BCUT2D eigenvalue weighted by atomic mass is 19.4. The first kappa shape index (κ1) is 15.8. The Balaban J connectivity index is 2.91. The molecule has 0 fully saturated rings. The molecule has 0 radical (unpaired) electrons. The zero-order valence-corrected chi connectivity index (χ0v) is 10.1. The predicted octanol–water partition coefficient (Wildman–Crippen LogP) is 4.31. The van der Waals surface area contributed by atoms with Gasteiger partial charge in [0.25, 0.3) is 0 Å². The normalized spacial score (nSPS) is 14.5. The summed E-state index contributed by atoms with van der Waals surface area (Å²) in [5.74, 6) is 0. The topological polar surface area (TPSA) is 12.0 Å². The number of hydrogen-bond donors (Lipinski definition) is 1. The van der Waals surface area contributed by atoms with E-state index in [1.807, 2.05) is 0 Å². The first-order valence-electron chi connectivity index (χ1n) is 5.61. The summed E-state index contributed by atoms with van der Waals surface area (Å²) in [6, 6.07) is 2.68. The van der Waals surface area contributed by atoms with Crippen molar-refractivity contribution in [1.82, 2.24) is 5.32 Å². The maximum Gasteiger partial charge on any atom is 0.416 e. The van der Waals surface area contributed by atoms with Gasteiger partial charge < -0.3 is 5.32 Å². The summed E-state index contributed by atoms with van der Waals surface area (Å²) in [4.78, 5) is 0. The third-order valence-electron chi connectivity index (χ3n) is 2.53. The van der Waals surface area contributed by atoms with E-state index < -0.39 is 30.4 Å². The van der Waals surface area contributed by atoms with Gasteiger partial charge in [0.05, 0.1) is 12.0 Å². The van der Waals surface area contributed by atoms with Gasteiger partial charge in [0.2, 0.25) is 0 Å². The number of halogens is 6. The van der Waals surface area contributed by atoms with Crippen LogP contribution in [0.2, 0.25) is 0 Å². The highest BCUT2D eigenvalue weighted by Gasteiger charge is 2.33. The maximum absolute atomic E-state index is 12.4. The van der Waals surface area contributed by atoms with Crippen LogP contribution in [0, 0.1) is 0 Å². The van der Waals surface area contributed by atoms with E-state index in [2.05, 4.69) is 5.32 Å². The molecule has 7 heteroatoms. The van der Waals surface area contributed by atoms with Crippen LogP contribution in [0.1, 0.15) is 30.5 Å². The summed E-state index contributed by atoms with van der Waals surface area (Å²) in [5, 5.41) is 2.61. The van der Waals surface area contributed by atoms with Gasteiger partial charge in [-0.25, -0.2) is 0 Å². The fourth-order valence-corrected chi connectivity index (χ4v) is 1.69. The van der Waals surface area contributed by atoms with Crippen molar-refractivity contribution in [2.45, 2.75) is 31.7 Å². The minimum atomic E-state index is -4.49. The Morgan fingerprint density at radius 1 is 1.00 bits per heavy atom. The van der Waals surface area contributed by atoms with Crippen LogP contribution in [0.25, 0.3) is 0 Å². The summed E-state index contributed by atoms with van der Waals surface area (Å²) in [6.07, 6.45) is -9.99. The lowest BCUT2D eigenvalue weighted by Crippen LogP contribution is -2.26. The van der Waals surface area contributed by atoms with Crippen molar-refractivity contribution in [3.63, 3.8) is 0 Å². The van der Waals surface area contributed by atoms with Crippen LogP contribution in [-0.4, -0.2) is 12.7 Å². The molecule has 108 valence electrons. The molecule has 0 saturated carbocycles. The summed E-state index contributed by atoms with van der Waals surface area (Å²) >= 11 is 0. The van der Waals surface area contributed by atoms with Gasteiger partial charge in [-0.05, 0) is 24.2 Å². The molecule has 1 aromatic carbocycles. The standard InChI is InChI=1S/C12H13F6N/c1-2-19-10(7-11(13,14)15)8-3-5-9(6-4-8)12(16,17)18/h3-6,10,19H,2,7H2,1H3. The summed E-state index contributed by atoms with van der Waals surface area (Å²) in [6.45, 7) is 1.93. The van der Waals surface area contributed by atoms with E-state index >= 15 is 0 Å². The van der Waals surface area contributed by atoms with Crippen molar-refractivity contribution in [2.24, 2.45) is 0 Å². The first-order chi connectivity index (χ1) is 8.63. The molecule has 0 spiro atoms. The van der Waals surface area contributed by atoms with E-state index in [4.69, 9.17) is 0 Å². The van der Waals surface area contributed by atoms with E-state index in [1.165, 1.54) is 0 Å². The Kier molecular flexibility index (Phi) is 4.84. The molecule has 0 heterocycles. The first-order valence-corrected chi connectivity index (χ1v) is 5.61. The van der Waals surface area contributed by atoms with Gasteiger partial charge in [-0.15, -0.1) is 0 Å². The molecular formula is C12H13F6N. The number of hydrogen-bond acceptors (Lipinski definition) is 1. The van der Waals surface area contributed by atoms with Gasteiger partial charge in [-0.3, -0.25) is 0 Å². The second kappa shape index (κ2) is 5.81. The Labute approximate surface area is 106 Å². The highest BCUT2D eigenvalue weighted by molar-refractivity contribution is 5.27. The van der Waals surface area contributed by atoms with Gasteiger partial charge >= 0.3 is 12.4 Å². The molecule has 0 aliphatic carbocycles.